The number of aromatic nitrogens is 2. The summed E-state index contributed by atoms with van der Waals surface area (Å²) in [6.45, 7) is 12.1. The lowest BCUT2D eigenvalue weighted by Crippen LogP contribution is -2.49. The highest BCUT2D eigenvalue weighted by molar-refractivity contribution is 5.82. The van der Waals surface area contributed by atoms with Crippen molar-refractivity contribution in [2.45, 2.75) is 72.2 Å². The van der Waals surface area contributed by atoms with Gasteiger partial charge in [0.25, 0.3) is 5.56 Å². The molecule has 1 saturated heterocycles. The van der Waals surface area contributed by atoms with Crippen LogP contribution >= 0.6 is 0 Å². The van der Waals surface area contributed by atoms with Crippen molar-refractivity contribution < 1.29 is 14.3 Å². The number of hydrogen-bond donors (Lipinski definition) is 1. The molecule has 0 aliphatic carbocycles. The minimum Gasteiger partial charge on any atom is -0.444 e. The van der Waals surface area contributed by atoms with Crippen molar-refractivity contribution in [1.29, 1.82) is 0 Å². The minimum atomic E-state index is -0.590. The Bertz CT molecular complexity index is 1040. The number of ether oxygens (including phenoxy) is 1. The molecule has 0 saturated carbocycles. The van der Waals surface area contributed by atoms with Crippen LogP contribution in [0.5, 0.6) is 0 Å². The normalized spacial score (nSPS) is 19.9. The van der Waals surface area contributed by atoms with Gasteiger partial charge < -0.3 is 15.0 Å². The number of carbonyl (C=O) groups is 2. The number of nitrogens with one attached hydrogen (secondary N) is 1. The van der Waals surface area contributed by atoms with Gasteiger partial charge in [-0.05, 0) is 46.1 Å². The molecule has 2 heterocycles. The maximum atomic E-state index is 13.1. The van der Waals surface area contributed by atoms with E-state index in [4.69, 9.17) is 4.74 Å². The van der Waals surface area contributed by atoms with Crippen LogP contribution in [0, 0.1) is 11.8 Å². The second kappa shape index (κ2) is 9.30. The van der Waals surface area contributed by atoms with E-state index in [2.05, 4.69) is 10.4 Å². The molecular weight excluding hydrogens is 408 g/mol. The lowest BCUT2D eigenvalue weighted by molar-refractivity contribution is -0.126. The molecule has 1 aliphatic heterocycles. The van der Waals surface area contributed by atoms with Gasteiger partial charge in [-0.1, -0.05) is 32.0 Å². The van der Waals surface area contributed by atoms with Crippen molar-refractivity contribution in [3.05, 3.63) is 40.8 Å². The zero-order valence-electron chi connectivity index (χ0n) is 19.8. The van der Waals surface area contributed by atoms with E-state index in [1.807, 2.05) is 59.7 Å². The first-order chi connectivity index (χ1) is 15.0. The summed E-state index contributed by atoms with van der Waals surface area (Å²) in [5, 5.41) is 8.66. The Morgan fingerprint density at radius 2 is 1.91 bits per heavy atom. The third-order valence-electron chi connectivity index (χ3n) is 5.70. The molecule has 3 rings (SSSR count). The summed E-state index contributed by atoms with van der Waals surface area (Å²) in [5.41, 5.74) is -0.769. The summed E-state index contributed by atoms with van der Waals surface area (Å²) in [6, 6.07) is 6.78. The van der Waals surface area contributed by atoms with Gasteiger partial charge in [-0.2, -0.15) is 5.10 Å². The van der Waals surface area contributed by atoms with E-state index in [1.165, 1.54) is 4.68 Å². The van der Waals surface area contributed by atoms with Crippen LogP contribution in [0.1, 0.15) is 48.0 Å². The SMILES string of the molecule is CC(Cn1ncc2ccccc2c1=O)NC(=O)C1CCN(C(=O)OC(C)(C)C)C1C(C)C. The molecule has 3 atom stereocenters. The van der Waals surface area contributed by atoms with Gasteiger partial charge in [0, 0.05) is 24.0 Å². The summed E-state index contributed by atoms with van der Waals surface area (Å²) < 4.78 is 6.93. The van der Waals surface area contributed by atoms with Crippen LogP contribution in [0.2, 0.25) is 0 Å². The average Bonchev–Trinajstić information content (AvgIpc) is 3.15. The third kappa shape index (κ3) is 5.29. The predicted molar refractivity (Wildman–Crippen MR) is 123 cm³/mol. The first kappa shape index (κ1) is 23.8. The summed E-state index contributed by atoms with van der Waals surface area (Å²) in [4.78, 5) is 40.2. The Balaban J connectivity index is 1.69. The van der Waals surface area contributed by atoms with E-state index in [0.717, 1.165) is 5.39 Å². The minimum absolute atomic E-state index is 0.0980. The lowest BCUT2D eigenvalue weighted by atomic mass is 9.90. The standard InChI is InChI=1S/C24H34N4O4/c1-15(2)20-19(11-12-27(20)23(31)32-24(4,5)6)21(29)26-16(3)14-28-22(30)18-10-8-7-9-17(18)13-25-28/h7-10,13,15-16,19-20H,11-12,14H2,1-6H3,(H,26,29). The van der Waals surface area contributed by atoms with Crippen LogP contribution in [0.3, 0.4) is 0 Å². The molecule has 1 aromatic carbocycles. The van der Waals surface area contributed by atoms with E-state index in [1.54, 1.807) is 17.2 Å². The largest absolute Gasteiger partial charge is 0.444 e. The van der Waals surface area contributed by atoms with E-state index >= 15 is 0 Å². The van der Waals surface area contributed by atoms with Gasteiger partial charge in [0.2, 0.25) is 5.91 Å². The highest BCUT2D eigenvalue weighted by atomic mass is 16.6. The fourth-order valence-corrected chi connectivity index (χ4v) is 4.37. The molecule has 2 amide bonds. The topological polar surface area (TPSA) is 93.5 Å². The van der Waals surface area contributed by atoms with Crippen molar-refractivity contribution in [3.63, 3.8) is 0 Å². The number of nitrogens with zero attached hydrogens (tertiary/aromatic N) is 3. The maximum Gasteiger partial charge on any atom is 0.410 e. The van der Waals surface area contributed by atoms with Crippen LogP contribution in [-0.2, 0) is 16.1 Å². The molecule has 1 fully saturated rings. The first-order valence-electron chi connectivity index (χ1n) is 11.2. The second-order valence-corrected chi connectivity index (χ2v) is 9.93. The molecule has 0 bridgehead atoms. The first-order valence-corrected chi connectivity index (χ1v) is 11.2. The predicted octanol–water partition coefficient (Wildman–Crippen LogP) is 3.18. The van der Waals surface area contributed by atoms with E-state index < -0.39 is 5.60 Å². The number of rotatable bonds is 5. The summed E-state index contributed by atoms with van der Waals surface area (Å²) in [6.07, 6.45) is 1.86. The van der Waals surface area contributed by atoms with Gasteiger partial charge in [0.05, 0.1) is 24.0 Å². The van der Waals surface area contributed by atoms with Gasteiger partial charge in [0.15, 0.2) is 0 Å². The van der Waals surface area contributed by atoms with Crippen molar-refractivity contribution in [2.75, 3.05) is 6.54 Å². The number of amides is 2. The molecule has 174 valence electrons. The Kier molecular flexibility index (Phi) is 6.91. The summed E-state index contributed by atoms with van der Waals surface area (Å²) >= 11 is 0. The fourth-order valence-electron chi connectivity index (χ4n) is 4.37. The van der Waals surface area contributed by atoms with Gasteiger partial charge in [-0.25, -0.2) is 9.48 Å². The van der Waals surface area contributed by atoms with Crippen LogP contribution < -0.4 is 10.9 Å². The molecule has 1 aliphatic rings. The Morgan fingerprint density at radius 1 is 1.22 bits per heavy atom. The number of benzene rings is 1. The molecule has 1 N–H and O–H groups in total. The zero-order valence-corrected chi connectivity index (χ0v) is 19.8. The van der Waals surface area contributed by atoms with Crippen molar-refractivity contribution in [1.82, 2.24) is 20.0 Å². The molecular formula is C24H34N4O4. The third-order valence-corrected chi connectivity index (χ3v) is 5.70. The van der Waals surface area contributed by atoms with E-state index in [9.17, 15) is 14.4 Å². The Labute approximate surface area is 188 Å². The number of carbonyl (C=O) groups excluding carboxylic acids is 2. The highest BCUT2D eigenvalue weighted by Crippen LogP contribution is 2.31. The van der Waals surface area contributed by atoms with Crippen LogP contribution in [0.25, 0.3) is 10.8 Å². The summed E-state index contributed by atoms with van der Waals surface area (Å²) in [7, 11) is 0. The van der Waals surface area contributed by atoms with E-state index in [0.29, 0.717) is 18.4 Å². The molecule has 8 nitrogen and oxygen atoms in total. The molecule has 32 heavy (non-hydrogen) atoms. The average molecular weight is 443 g/mol. The molecule has 0 radical (unpaired) electrons. The van der Waals surface area contributed by atoms with Crippen LogP contribution in [0.4, 0.5) is 4.79 Å². The maximum absolute atomic E-state index is 13.1. The fraction of sp³-hybridized carbons (Fsp3) is 0.583. The van der Waals surface area contributed by atoms with Gasteiger partial charge >= 0.3 is 6.09 Å². The van der Waals surface area contributed by atoms with Crippen LogP contribution in [-0.4, -0.2) is 50.9 Å². The summed E-state index contributed by atoms with van der Waals surface area (Å²) in [5.74, 6) is -0.344. The van der Waals surface area contributed by atoms with Crippen molar-refractivity contribution >= 4 is 22.8 Å². The lowest BCUT2D eigenvalue weighted by Gasteiger charge is -2.33. The smallest absolute Gasteiger partial charge is 0.410 e. The van der Waals surface area contributed by atoms with Crippen molar-refractivity contribution in [2.24, 2.45) is 11.8 Å². The Morgan fingerprint density at radius 3 is 2.56 bits per heavy atom. The molecule has 8 heteroatoms. The zero-order chi connectivity index (χ0) is 23.6. The van der Waals surface area contributed by atoms with Gasteiger partial charge in [0.1, 0.15) is 5.60 Å². The monoisotopic (exact) mass is 442 g/mol. The molecule has 2 aromatic rings. The van der Waals surface area contributed by atoms with Gasteiger partial charge in [-0.3, -0.25) is 9.59 Å². The second-order valence-electron chi connectivity index (χ2n) is 9.93. The number of likely N-dealkylation sites (tertiary alicyclic amines) is 1. The van der Waals surface area contributed by atoms with Crippen molar-refractivity contribution in [3.8, 4) is 0 Å². The Hall–Kier alpha value is -2.90. The van der Waals surface area contributed by atoms with Crippen LogP contribution in [0.15, 0.2) is 35.3 Å². The quantitative estimate of drug-likeness (QED) is 0.768. The number of hydrogen-bond acceptors (Lipinski definition) is 5. The van der Waals surface area contributed by atoms with Gasteiger partial charge in [-0.15, -0.1) is 0 Å². The highest BCUT2D eigenvalue weighted by Gasteiger charge is 2.44. The molecule has 1 aromatic heterocycles. The number of fused-ring (bicyclic) bond motifs is 1. The van der Waals surface area contributed by atoms with E-state index in [-0.39, 0.29) is 48.0 Å². The molecule has 0 spiro atoms. The molecule has 3 unspecified atom stereocenters.